The highest BCUT2D eigenvalue weighted by atomic mass is 32.2. The van der Waals surface area contributed by atoms with E-state index in [0.29, 0.717) is 5.69 Å². The van der Waals surface area contributed by atoms with E-state index in [1.807, 2.05) is 39.8 Å². The number of aryl methyl sites for hydroxylation is 3. The lowest BCUT2D eigenvalue weighted by Crippen LogP contribution is -2.23. The Morgan fingerprint density at radius 3 is 2.18 bits per heavy atom. The minimum absolute atomic E-state index is 0.155. The van der Waals surface area contributed by atoms with Gasteiger partial charge < -0.3 is 10.1 Å². The van der Waals surface area contributed by atoms with Crippen LogP contribution in [-0.2, 0) is 14.8 Å². The molecule has 2 aromatic carbocycles. The topological polar surface area (TPSA) is 75.7 Å². The molecule has 0 aliphatic carbocycles. The molecule has 28 heavy (non-hydrogen) atoms. The van der Waals surface area contributed by atoms with Gasteiger partial charge in [-0.05, 0) is 74.2 Å². The number of nitrogens with one attached hydrogen (secondary N) is 1. The van der Waals surface area contributed by atoms with Crippen LogP contribution in [0.5, 0.6) is 5.75 Å². The Balaban J connectivity index is 2.08. The van der Waals surface area contributed by atoms with E-state index < -0.39 is 10.0 Å². The zero-order chi connectivity index (χ0) is 21.1. The van der Waals surface area contributed by atoms with Crippen LogP contribution in [0.15, 0.2) is 35.2 Å². The normalized spacial score (nSPS) is 11.5. The number of carbonyl (C=O) groups excluding carboxylic acids is 1. The first-order valence-electron chi connectivity index (χ1n) is 9.05. The molecule has 0 unspecified atom stereocenters. The molecule has 152 valence electrons. The van der Waals surface area contributed by atoms with Gasteiger partial charge in [-0.1, -0.05) is 6.07 Å². The summed E-state index contributed by atoms with van der Waals surface area (Å²) < 4.78 is 31.7. The summed E-state index contributed by atoms with van der Waals surface area (Å²) in [5, 5.41) is 2.81. The molecular formula is C21H28N2O4S. The lowest BCUT2D eigenvalue weighted by Gasteiger charge is -2.16. The van der Waals surface area contributed by atoms with Crippen LogP contribution in [0.4, 0.5) is 5.69 Å². The quantitative estimate of drug-likeness (QED) is 0.765. The molecule has 0 saturated carbocycles. The molecule has 7 heteroatoms. The highest BCUT2D eigenvalue weighted by Gasteiger charge is 2.20. The summed E-state index contributed by atoms with van der Waals surface area (Å²) in [6, 6.07) is 9.02. The van der Waals surface area contributed by atoms with Crippen LogP contribution < -0.4 is 10.1 Å². The van der Waals surface area contributed by atoms with Crippen molar-refractivity contribution in [3.8, 4) is 5.75 Å². The Morgan fingerprint density at radius 1 is 1.00 bits per heavy atom. The Labute approximate surface area is 167 Å². The minimum atomic E-state index is -3.58. The number of nitrogens with zero attached hydrogens (tertiary/aromatic N) is 1. The van der Waals surface area contributed by atoms with Gasteiger partial charge in [0.2, 0.25) is 15.9 Å². The largest absolute Gasteiger partial charge is 0.493 e. The third-order valence-corrected chi connectivity index (χ3v) is 6.28. The van der Waals surface area contributed by atoms with E-state index in [1.165, 1.54) is 20.2 Å². The number of rotatable bonds is 7. The van der Waals surface area contributed by atoms with E-state index in [2.05, 4.69) is 11.4 Å². The number of hydrogen-bond donors (Lipinski definition) is 1. The molecule has 6 nitrogen and oxygen atoms in total. The first-order valence-corrected chi connectivity index (χ1v) is 10.5. The van der Waals surface area contributed by atoms with Gasteiger partial charge in [0.15, 0.2) is 0 Å². The summed E-state index contributed by atoms with van der Waals surface area (Å²) in [4.78, 5) is 12.5. The molecule has 2 rings (SSSR count). The smallest absolute Gasteiger partial charge is 0.242 e. The fourth-order valence-electron chi connectivity index (χ4n) is 2.81. The van der Waals surface area contributed by atoms with Gasteiger partial charge in [0.25, 0.3) is 0 Å². The van der Waals surface area contributed by atoms with Crippen LogP contribution in [0.3, 0.4) is 0 Å². The average molecular weight is 405 g/mol. The van der Waals surface area contributed by atoms with Crippen molar-refractivity contribution in [1.82, 2.24) is 4.31 Å². The van der Waals surface area contributed by atoms with Crippen LogP contribution >= 0.6 is 0 Å². The first kappa shape index (κ1) is 21.9. The van der Waals surface area contributed by atoms with Crippen molar-refractivity contribution >= 4 is 21.6 Å². The SMILES string of the molecule is Cc1cc(C)cc(OCCC(=O)Nc2cc(S(=O)(=O)N(C)C)cc(C)c2C)c1. The van der Waals surface area contributed by atoms with Gasteiger partial charge in [0, 0.05) is 19.8 Å². The summed E-state index contributed by atoms with van der Waals surface area (Å²) in [6.45, 7) is 7.90. The van der Waals surface area contributed by atoms with Gasteiger partial charge >= 0.3 is 0 Å². The highest BCUT2D eigenvalue weighted by Crippen LogP contribution is 2.25. The van der Waals surface area contributed by atoms with E-state index in [0.717, 1.165) is 32.3 Å². The fraction of sp³-hybridized carbons (Fsp3) is 0.381. The van der Waals surface area contributed by atoms with Gasteiger partial charge in [-0.2, -0.15) is 0 Å². The Morgan fingerprint density at radius 2 is 1.61 bits per heavy atom. The van der Waals surface area contributed by atoms with Gasteiger partial charge in [-0.15, -0.1) is 0 Å². The predicted octanol–water partition coefficient (Wildman–Crippen LogP) is 3.58. The van der Waals surface area contributed by atoms with Crippen molar-refractivity contribution in [1.29, 1.82) is 0 Å². The van der Waals surface area contributed by atoms with Crippen molar-refractivity contribution in [3.63, 3.8) is 0 Å². The number of ether oxygens (including phenoxy) is 1. The summed E-state index contributed by atoms with van der Waals surface area (Å²) in [7, 11) is -0.620. The third-order valence-electron chi connectivity index (χ3n) is 4.49. The molecule has 0 saturated heterocycles. The highest BCUT2D eigenvalue weighted by molar-refractivity contribution is 7.89. The van der Waals surface area contributed by atoms with Crippen molar-refractivity contribution in [2.75, 3.05) is 26.0 Å². The van der Waals surface area contributed by atoms with E-state index >= 15 is 0 Å². The zero-order valence-electron chi connectivity index (χ0n) is 17.3. The number of sulfonamides is 1. The molecule has 0 atom stereocenters. The maximum Gasteiger partial charge on any atom is 0.242 e. The van der Waals surface area contributed by atoms with Gasteiger partial charge in [0.1, 0.15) is 5.75 Å². The number of anilines is 1. The van der Waals surface area contributed by atoms with Gasteiger partial charge in [-0.3, -0.25) is 4.79 Å². The number of carbonyl (C=O) groups is 1. The molecule has 2 aromatic rings. The summed E-state index contributed by atoms with van der Waals surface area (Å²) >= 11 is 0. The molecule has 0 spiro atoms. The van der Waals surface area contributed by atoms with Crippen molar-refractivity contribution < 1.29 is 17.9 Å². The van der Waals surface area contributed by atoms with Crippen LogP contribution in [0, 0.1) is 27.7 Å². The molecule has 0 aliphatic heterocycles. The standard InChI is InChI=1S/C21H28N2O4S/c1-14-9-15(2)11-18(10-14)27-8-7-21(24)22-20-13-19(12-16(3)17(20)4)28(25,26)23(5)6/h9-13H,7-8H2,1-6H3,(H,22,24). The van der Waals surface area contributed by atoms with Crippen molar-refractivity contribution in [3.05, 3.63) is 52.6 Å². The molecule has 0 bridgehead atoms. The minimum Gasteiger partial charge on any atom is -0.493 e. The van der Waals surface area contributed by atoms with E-state index in [1.54, 1.807) is 6.07 Å². The van der Waals surface area contributed by atoms with Crippen LogP contribution in [-0.4, -0.2) is 39.3 Å². The predicted molar refractivity (Wildman–Crippen MR) is 111 cm³/mol. The lowest BCUT2D eigenvalue weighted by atomic mass is 10.1. The van der Waals surface area contributed by atoms with E-state index in [9.17, 15) is 13.2 Å². The summed E-state index contributed by atoms with van der Waals surface area (Å²) in [6.07, 6.45) is 0.163. The maximum atomic E-state index is 12.4. The van der Waals surface area contributed by atoms with Gasteiger partial charge in [0.05, 0.1) is 17.9 Å². The zero-order valence-corrected chi connectivity index (χ0v) is 18.1. The summed E-state index contributed by atoms with van der Waals surface area (Å²) in [5.74, 6) is 0.502. The van der Waals surface area contributed by atoms with Crippen LogP contribution in [0.25, 0.3) is 0 Å². The second-order valence-corrected chi connectivity index (χ2v) is 9.32. The van der Waals surface area contributed by atoms with Crippen molar-refractivity contribution in [2.24, 2.45) is 0 Å². The molecule has 0 radical (unpaired) electrons. The molecule has 1 N–H and O–H groups in total. The maximum absolute atomic E-state index is 12.4. The summed E-state index contributed by atoms with van der Waals surface area (Å²) in [5.41, 5.74) is 4.33. The van der Waals surface area contributed by atoms with E-state index in [4.69, 9.17) is 4.74 Å². The molecule has 1 amide bonds. The number of benzene rings is 2. The molecule has 0 aliphatic rings. The number of amides is 1. The Bertz CT molecular complexity index is 962. The monoisotopic (exact) mass is 404 g/mol. The molecular weight excluding hydrogens is 376 g/mol. The second-order valence-electron chi connectivity index (χ2n) is 7.17. The first-order chi connectivity index (χ1) is 13.0. The molecule has 0 heterocycles. The van der Waals surface area contributed by atoms with E-state index in [-0.39, 0.29) is 23.8 Å². The molecule has 0 aromatic heterocycles. The second kappa shape index (κ2) is 8.75. The Kier molecular flexibility index (Phi) is 6.85. The van der Waals surface area contributed by atoms with Crippen LogP contribution in [0.2, 0.25) is 0 Å². The number of hydrogen-bond acceptors (Lipinski definition) is 4. The fourth-order valence-corrected chi connectivity index (χ4v) is 3.82. The van der Waals surface area contributed by atoms with Gasteiger partial charge in [-0.25, -0.2) is 12.7 Å². The average Bonchev–Trinajstić information content (AvgIpc) is 2.57. The lowest BCUT2D eigenvalue weighted by molar-refractivity contribution is -0.116. The Hall–Kier alpha value is -2.38. The third kappa shape index (κ3) is 5.33. The van der Waals surface area contributed by atoms with Crippen LogP contribution in [0.1, 0.15) is 28.7 Å². The van der Waals surface area contributed by atoms with Crippen molar-refractivity contribution in [2.45, 2.75) is 39.0 Å². The molecule has 0 fully saturated rings.